The Morgan fingerprint density at radius 2 is 1.96 bits per heavy atom. The van der Waals surface area contributed by atoms with Gasteiger partial charge in [-0.1, -0.05) is 23.9 Å². The van der Waals surface area contributed by atoms with Gasteiger partial charge in [-0.15, -0.1) is 0 Å². The van der Waals surface area contributed by atoms with Gasteiger partial charge in [0, 0.05) is 6.54 Å². The molecule has 0 unspecified atom stereocenters. The summed E-state index contributed by atoms with van der Waals surface area (Å²) in [5.41, 5.74) is 6.07. The van der Waals surface area contributed by atoms with E-state index in [1.165, 1.54) is 11.8 Å². The van der Waals surface area contributed by atoms with Crippen LogP contribution in [0.1, 0.15) is 19.4 Å². The largest absolute Gasteiger partial charge is 0.508 e. The van der Waals surface area contributed by atoms with Crippen LogP contribution in [0.4, 0.5) is 0 Å². The van der Waals surface area contributed by atoms with Gasteiger partial charge in [-0.2, -0.15) is 5.10 Å². The monoisotopic (exact) mass is 368 g/mol. The van der Waals surface area contributed by atoms with Crippen molar-refractivity contribution < 1.29 is 9.90 Å². The zero-order chi connectivity index (χ0) is 18.5. The van der Waals surface area contributed by atoms with Crippen molar-refractivity contribution in [1.82, 2.24) is 15.0 Å². The SMILES string of the molecule is CCn1c(SCC(=O)N/N=C(/C)c2ccc(O)cc2)nc2ccccc21. The number of nitrogens with zero attached hydrogens (tertiary/aromatic N) is 3. The molecule has 7 heteroatoms. The molecule has 1 aromatic heterocycles. The van der Waals surface area contributed by atoms with Gasteiger partial charge in [0.05, 0.1) is 22.5 Å². The molecule has 0 atom stereocenters. The number of para-hydroxylation sites is 2. The van der Waals surface area contributed by atoms with Crippen LogP contribution < -0.4 is 5.43 Å². The van der Waals surface area contributed by atoms with Gasteiger partial charge in [0.1, 0.15) is 5.75 Å². The smallest absolute Gasteiger partial charge is 0.250 e. The maximum atomic E-state index is 12.1. The molecular formula is C19H20N4O2S. The molecule has 0 aliphatic rings. The maximum absolute atomic E-state index is 12.1. The number of carbonyl (C=O) groups excluding carboxylic acids is 1. The Labute approximate surface area is 155 Å². The number of nitrogens with one attached hydrogen (secondary N) is 1. The minimum atomic E-state index is -0.192. The van der Waals surface area contributed by atoms with Crippen molar-refractivity contribution in [1.29, 1.82) is 0 Å². The molecular weight excluding hydrogens is 348 g/mol. The fourth-order valence-electron chi connectivity index (χ4n) is 2.54. The fraction of sp³-hybridized carbons (Fsp3) is 0.211. The second-order valence-corrected chi connectivity index (χ2v) is 6.64. The predicted octanol–water partition coefficient (Wildman–Crippen LogP) is 3.39. The minimum absolute atomic E-state index is 0.192. The van der Waals surface area contributed by atoms with E-state index >= 15 is 0 Å². The average Bonchev–Trinajstić information content (AvgIpc) is 3.02. The molecule has 2 N–H and O–H groups in total. The molecule has 0 saturated heterocycles. The Balaban J connectivity index is 1.62. The number of amides is 1. The number of hydrazone groups is 1. The summed E-state index contributed by atoms with van der Waals surface area (Å²) in [6, 6.07) is 14.6. The van der Waals surface area contributed by atoms with E-state index in [0.717, 1.165) is 28.3 Å². The Hall–Kier alpha value is -2.80. The van der Waals surface area contributed by atoms with Gasteiger partial charge in [0.25, 0.3) is 5.91 Å². The number of aryl methyl sites for hydroxylation is 1. The van der Waals surface area contributed by atoms with Crippen molar-refractivity contribution >= 4 is 34.4 Å². The third-order valence-corrected chi connectivity index (χ3v) is 4.88. The number of thioether (sulfide) groups is 1. The number of phenolic OH excluding ortho intramolecular Hbond substituents is 1. The van der Waals surface area contributed by atoms with Crippen molar-refractivity contribution in [3.8, 4) is 5.75 Å². The lowest BCUT2D eigenvalue weighted by Gasteiger charge is -2.05. The predicted molar refractivity (Wildman–Crippen MR) is 105 cm³/mol. The molecule has 6 nitrogen and oxygen atoms in total. The molecule has 0 radical (unpaired) electrons. The van der Waals surface area contributed by atoms with Gasteiger partial charge < -0.3 is 9.67 Å². The van der Waals surface area contributed by atoms with Crippen molar-refractivity contribution in [2.45, 2.75) is 25.5 Å². The number of phenols is 1. The standard InChI is InChI=1S/C19H20N4O2S/c1-3-23-17-7-5-4-6-16(17)20-19(23)26-12-18(25)22-21-13(2)14-8-10-15(24)11-9-14/h4-11,24H,3,12H2,1-2H3,(H,22,25)/b21-13-. The summed E-state index contributed by atoms with van der Waals surface area (Å²) in [6.07, 6.45) is 0. The van der Waals surface area contributed by atoms with E-state index in [4.69, 9.17) is 0 Å². The topological polar surface area (TPSA) is 79.5 Å². The quantitative estimate of drug-likeness (QED) is 0.397. The average molecular weight is 368 g/mol. The Kier molecular flexibility index (Phi) is 5.58. The lowest BCUT2D eigenvalue weighted by Crippen LogP contribution is -2.21. The van der Waals surface area contributed by atoms with E-state index in [9.17, 15) is 9.90 Å². The summed E-state index contributed by atoms with van der Waals surface area (Å²) < 4.78 is 2.10. The van der Waals surface area contributed by atoms with E-state index in [0.29, 0.717) is 5.71 Å². The summed E-state index contributed by atoms with van der Waals surface area (Å²) >= 11 is 1.39. The van der Waals surface area contributed by atoms with Crippen LogP contribution in [-0.4, -0.2) is 32.0 Å². The first-order valence-corrected chi connectivity index (χ1v) is 9.27. The van der Waals surface area contributed by atoms with Crippen molar-refractivity contribution in [3.05, 3.63) is 54.1 Å². The molecule has 0 aliphatic heterocycles. The lowest BCUT2D eigenvalue weighted by molar-refractivity contribution is -0.118. The number of aromatic nitrogens is 2. The van der Waals surface area contributed by atoms with Crippen LogP contribution in [0.5, 0.6) is 5.75 Å². The number of hydrogen-bond donors (Lipinski definition) is 2. The number of rotatable bonds is 6. The van der Waals surface area contributed by atoms with Gasteiger partial charge in [0.2, 0.25) is 0 Å². The zero-order valence-corrected chi connectivity index (χ0v) is 15.5. The highest BCUT2D eigenvalue weighted by molar-refractivity contribution is 7.99. The van der Waals surface area contributed by atoms with E-state index in [1.54, 1.807) is 31.2 Å². The van der Waals surface area contributed by atoms with Gasteiger partial charge in [-0.3, -0.25) is 4.79 Å². The summed E-state index contributed by atoms with van der Waals surface area (Å²) in [7, 11) is 0. The van der Waals surface area contributed by atoms with Crippen LogP contribution in [0.2, 0.25) is 0 Å². The van der Waals surface area contributed by atoms with Gasteiger partial charge >= 0.3 is 0 Å². The molecule has 0 fully saturated rings. The summed E-state index contributed by atoms with van der Waals surface area (Å²) in [6.45, 7) is 4.66. The summed E-state index contributed by atoms with van der Waals surface area (Å²) in [4.78, 5) is 16.7. The molecule has 0 spiro atoms. The highest BCUT2D eigenvalue weighted by Crippen LogP contribution is 2.23. The van der Waals surface area contributed by atoms with Crippen LogP contribution >= 0.6 is 11.8 Å². The molecule has 3 rings (SSSR count). The summed E-state index contributed by atoms with van der Waals surface area (Å²) in [5.74, 6) is 0.235. The van der Waals surface area contributed by atoms with Crippen molar-refractivity contribution in [2.75, 3.05) is 5.75 Å². The highest BCUT2D eigenvalue weighted by atomic mass is 32.2. The van der Waals surface area contributed by atoms with Gasteiger partial charge in [-0.25, -0.2) is 10.4 Å². The molecule has 0 aliphatic carbocycles. The van der Waals surface area contributed by atoms with Crippen LogP contribution in [0.3, 0.4) is 0 Å². The molecule has 2 aromatic carbocycles. The van der Waals surface area contributed by atoms with E-state index < -0.39 is 0 Å². The normalized spacial score (nSPS) is 11.7. The lowest BCUT2D eigenvalue weighted by atomic mass is 10.1. The van der Waals surface area contributed by atoms with Crippen LogP contribution in [0, 0.1) is 0 Å². The first-order valence-electron chi connectivity index (χ1n) is 8.29. The van der Waals surface area contributed by atoms with Gasteiger partial charge in [0.15, 0.2) is 5.16 Å². The molecule has 134 valence electrons. The molecule has 26 heavy (non-hydrogen) atoms. The molecule has 0 saturated carbocycles. The summed E-state index contributed by atoms with van der Waals surface area (Å²) in [5, 5.41) is 14.2. The van der Waals surface area contributed by atoms with Gasteiger partial charge in [-0.05, 0) is 55.8 Å². The third kappa shape index (κ3) is 4.05. The highest BCUT2D eigenvalue weighted by Gasteiger charge is 2.11. The Morgan fingerprint density at radius 3 is 2.69 bits per heavy atom. The van der Waals surface area contributed by atoms with Crippen molar-refractivity contribution in [3.63, 3.8) is 0 Å². The molecule has 0 bridgehead atoms. The first-order chi connectivity index (χ1) is 12.6. The van der Waals surface area contributed by atoms with E-state index in [-0.39, 0.29) is 17.4 Å². The number of benzene rings is 2. The van der Waals surface area contributed by atoms with E-state index in [1.807, 2.05) is 24.3 Å². The van der Waals surface area contributed by atoms with Crippen LogP contribution in [-0.2, 0) is 11.3 Å². The fourth-order valence-corrected chi connectivity index (χ4v) is 3.42. The van der Waals surface area contributed by atoms with Crippen molar-refractivity contribution in [2.24, 2.45) is 5.10 Å². The van der Waals surface area contributed by atoms with Crippen LogP contribution in [0.15, 0.2) is 58.8 Å². The van der Waals surface area contributed by atoms with Crippen LogP contribution in [0.25, 0.3) is 11.0 Å². The zero-order valence-electron chi connectivity index (χ0n) is 14.6. The Morgan fingerprint density at radius 1 is 1.23 bits per heavy atom. The van der Waals surface area contributed by atoms with E-state index in [2.05, 4.69) is 27.0 Å². The Bertz CT molecular complexity index is 948. The second-order valence-electron chi connectivity index (χ2n) is 5.70. The number of fused-ring (bicyclic) bond motifs is 1. The number of carbonyl (C=O) groups is 1. The second kappa shape index (κ2) is 8.05. The minimum Gasteiger partial charge on any atom is -0.508 e. The molecule has 1 heterocycles. The third-order valence-electron chi connectivity index (χ3n) is 3.90. The molecule has 3 aromatic rings. The molecule has 1 amide bonds. The number of imidazole rings is 1. The maximum Gasteiger partial charge on any atom is 0.250 e. The number of hydrogen-bond acceptors (Lipinski definition) is 5. The first kappa shape index (κ1) is 18.0. The number of aromatic hydroxyl groups is 1.